The second kappa shape index (κ2) is 9.20. The molecular formula is C20H25N3O2S. The number of hydrazone groups is 1. The Labute approximate surface area is 160 Å². The van der Waals surface area contributed by atoms with Crippen molar-refractivity contribution in [2.45, 2.75) is 32.9 Å². The lowest BCUT2D eigenvalue weighted by molar-refractivity contribution is 0.284. The molecule has 0 radical (unpaired) electrons. The zero-order chi connectivity index (χ0) is 19.0. The minimum atomic E-state index is -0.125. The smallest absolute Gasteiger partial charge is 0.187 e. The number of para-hydroxylation sites is 1. The van der Waals surface area contributed by atoms with Crippen LogP contribution < -0.4 is 20.2 Å². The third-order valence-corrected chi connectivity index (χ3v) is 3.51. The third-order valence-electron chi connectivity index (χ3n) is 3.31. The average molecular weight is 372 g/mol. The first-order chi connectivity index (χ1) is 12.4. The summed E-state index contributed by atoms with van der Waals surface area (Å²) in [5.41, 5.74) is 4.57. The Bertz CT molecular complexity index is 755. The van der Waals surface area contributed by atoms with E-state index in [1.165, 1.54) is 0 Å². The number of nitrogens with zero attached hydrogens (tertiary/aromatic N) is 1. The first-order valence-corrected chi connectivity index (χ1v) is 8.75. The van der Waals surface area contributed by atoms with Crippen LogP contribution in [0, 0.1) is 0 Å². The summed E-state index contributed by atoms with van der Waals surface area (Å²) in [6, 6.07) is 15.6. The standard InChI is InChI=1S/C20H25N3O2S/c1-20(2,3)22-19(26)23-21-13-16-11-8-12-17(24-4)18(16)25-14-15-9-6-5-7-10-15/h5-13H,14H2,1-4H3,(H2,22,23,26). The molecule has 2 rings (SSSR count). The summed E-state index contributed by atoms with van der Waals surface area (Å²) < 4.78 is 11.4. The fourth-order valence-corrected chi connectivity index (χ4v) is 2.57. The van der Waals surface area contributed by atoms with E-state index in [1.807, 2.05) is 69.3 Å². The van der Waals surface area contributed by atoms with Crippen LogP contribution in [-0.2, 0) is 6.61 Å². The maximum Gasteiger partial charge on any atom is 0.187 e. The molecule has 0 saturated carbocycles. The van der Waals surface area contributed by atoms with E-state index < -0.39 is 0 Å². The highest BCUT2D eigenvalue weighted by Crippen LogP contribution is 2.30. The van der Waals surface area contributed by atoms with Crippen LogP contribution in [0.15, 0.2) is 53.6 Å². The molecule has 0 aliphatic heterocycles. The monoisotopic (exact) mass is 371 g/mol. The van der Waals surface area contributed by atoms with Crippen molar-refractivity contribution in [3.8, 4) is 11.5 Å². The molecule has 6 heteroatoms. The van der Waals surface area contributed by atoms with Crippen LogP contribution >= 0.6 is 12.2 Å². The van der Waals surface area contributed by atoms with Crippen molar-refractivity contribution in [1.29, 1.82) is 0 Å². The highest BCUT2D eigenvalue weighted by Gasteiger charge is 2.11. The summed E-state index contributed by atoms with van der Waals surface area (Å²) >= 11 is 5.22. The van der Waals surface area contributed by atoms with Gasteiger partial charge in [-0.15, -0.1) is 0 Å². The van der Waals surface area contributed by atoms with Gasteiger partial charge in [0.15, 0.2) is 16.6 Å². The van der Waals surface area contributed by atoms with Crippen molar-refractivity contribution < 1.29 is 9.47 Å². The van der Waals surface area contributed by atoms with Crippen molar-refractivity contribution in [3.63, 3.8) is 0 Å². The molecular weight excluding hydrogens is 346 g/mol. The minimum Gasteiger partial charge on any atom is -0.493 e. The van der Waals surface area contributed by atoms with Crippen molar-refractivity contribution in [2.24, 2.45) is 5.10 Å². The fraction of sp³-hybridized carbons (Fsp3) is 0.300. The zero-order valence-electron chi connectivity index (χ0n) is 15.6. The molecule has 0 aliphatic carbocycles. The maximum atomic E-state index is 5.99. The Morgan fingerprint density at radius 2 is 1.85 bits per heavy atom. The normalized spacial score (nSPS) is 11.2. The van der Waals surface area contributed by atoms with Crippen LogP contribution in [0.25, 0.3) is 0 Å². The summed E-state index contributed by atoms with van der Waals surface area (Å²) in [4.78, 5) is 0. The van der Waals surface area contributed by atoms with Crippen molar-refractivity contribution >= 4 is 23.5 Å². The molecule has 2 aromatic carbocycles. The predicted molar refractivity (Wildman–Crippen MR) is 110 cm³/mol. The number of thiocarbonyl (C=S) groups is 1. The molecule has 0 atom stereocenters. The summed E-state index contributed by atoms with van der Waals surface area (Å²) in [5, 5.41) is 7.80. The maximum absolute atomic E-state index is 5.99. The number of methoxy groups -OCH3 is 1. The summed E-state index contributed by atoms with van der Waals surface area (Å²) in [5.74, 6) is 1.29. The Hall–Kier alpha value is -2.60. The highest BCUT2D eigenvalue weighted by atomic mass is 32.1. The lowest BCUT2D eigenvalue weighted by Crippen LogP contribution is -2.44. The Kier molecular flexibility index (Phi) is 6.97. The van der Waals surface area contributed by atoms with Gasteiger partial charge >= 0.3 is 0 Å². The molecule has 0 heterocycles. The predicted octanol–water partition coefficient (Wildman–Crippen LogP) is 3.87. The van der Waals surface area contributed by atoms with Gasteiger partial charge in [-0.2, -0.15) is 5.10 Å². The lowest BCUT2D eigenvalue weighted by atomic mass is 10.1. The molecule has 0 aliphatic rings. The van der Waals surface area contributed by atoms with Crippen molar-refractivity contribution in [3.05, 3.63) is 59.7 Å². The lowest BCUT2D eigenvalue weighted by Gasteiger charge is -2.21. The summed E-state index contributed by atoms with van der Waals surface area (Å²) in [7, 11) is 1.62. The van der Waals surface area contributed by atoms with Gasteiger partial charge in [0.1, 0.15) is 6.61 Å². The number of hydrogen-bond acceptors (Lipinski definition) is 4. The third kappa shape index (κ3) is 6.37. The summed E-state index contributed by atoms with van der Waals surface area (Å²) in [6.45, 7) is 6.53. The molecule has 0 spiro atoms. The van der Waals surface area contributed by atoms with Gasteiger partial charge in [-0.25, -0.2) is 0 Å². The average Bonchev–Trinajstić information content (AvgIpc) is 2.59. The Morgan fingerprint density at radius 3 is 2.50 bits per heavy atom. The van der Waals surface area contributed by atoms with Crippen molar-refractivity contribution in [2.75, 3.05) is 7.11 Å². The molecule has 0 amide bonds. The Morgan fingerprint density at radius 1 is 1.12 bits per heavy atom. The van der Waals surface area contributed by atoms with E-state index >= 15 is 0 Å². The summed E-state index contributed by atoms with van der Waals surface area (Å²) in [6.07, 6.45) is 1.67. The first kappa shape index (κ1) is 19.7. The van der Waals surface area contributed by atoms with E-state index in [0.717, 1.165) is 11.1 Å². The molecule has 0 unspecified atom stereocenters. The molecule has 138 valence electrons. The van der Waals surface area contributed by atoms with Gasteiger partial charge in [0.25, 0.3) is 0 Å². The molecule has 26 heavy (non-hydrogen) atoms. The largest absolute Gasteiger partial charge is 0.493 e. The molecule has 2 N–H and O–H groups in total. The molecule has 0 saturated heterocycles. The van der Waals surface area contributed by atoms with Crippen LogP contribution in [0.3, 0.4) is 0 Å². The molecule has 0 aromatic heterocycles. The quantitative estimate of drug-likeness (QED) is 0.459. The van der Waals surface area contributed by atoms with E-state index in [-0.39, 0.29) is 5.54 Å². The van der Waals surface area contributed by atoms with Crippen LogP contribution in [-0.4, -0.2) is 24.0 Å². The molecule has 0 bridgehead atoms. The number of nitrogens with one attached hydrogen (secondary N) is 2. The van der Waals surface area contributed by atoms with E-state index in [4.69, 9.17) is 21.7 Å². The number of ether oxygens (including phenoxy) is 2. The molecule has 2 aromatic rings. The second-order valence-corrected chi connectivity index (χ2v) is 7.14. The van der Waals surface area contributed by atoms with Crippen LogP contribution in [0.4, 0.5) is 0 Å². The van der Waals surface area contributed by atoms with Gasteiger partial charge in [-0.1, -0.05) is 36.4 Å². The van der Waals surface area contributed by atoms with Gasteiger partial charge in [0, 0.05) is 11.1 Å². The van der Waals surface area contributed by atoms with Gasteiger partial charge < -0.3 is 14.8 Å². The molecule has 0 fully saturated rings. The van der Waals surface area contributed by atoms with E-state index in [0.29, 0.717) is 23.2 Å². The SMILES string of the molecule is COc1cccc(C=NNC(=S)NC(C)(C)C)c1OCc1ccccc1. The minimum absolute atomic E-state index is 0.125. The van der Waals surface area contributed by atoms with Gasteiger partial charge in [0.05, 0.1) is 13.3 Å². The van der Waals surface area contributed by atoms with E-state index in [9.17, 15) is 0 Å². The van der Waals surface area contributed by atoms with Crippen molar-refractivity contribution in [1.82, 2.24) is 10.7 Å². The zero-order valence-corrected chi connectivity index (χ0v) is 16.4. The van der Waals surface area contributed by atoms with Gasteiger partial charge in [0.2, 0.25) is 0 Å². The molecule has 5 nitrogen and oxygen atoms in total. The van der Waals surface area contributed by atoms with E-state index in [2.05, 4.69) is 15.8 Å². The van der Waals surface area contributed by atoms with Gasteiger partial charge in [-0.3, -0.25) is 5.43 Å². The van der Waals surface area contributed by atoms with Crippen LogP contribution in [0.5, 0.6) is 11.5 Å². The van der Waals surface area contributed by atoms with Crippen LogP contribution in [0.1, 0.15) is 31.9 Å². The Balaban J connectivity index is 2.10. The first-order valence-electron chi connectivity index (χ1n) is 8.34. The number of hydrogen-bond donors (Lipinski definition) is 2. The fourth-order valence-electron chi connectivity index (χ4n) is 2.21. The highest BCUT2D eigenvalue weighted by molar-refractivity contribution is 7.80. The van der Waals surface area contributed by atoms with Gasteiger partial charge in [-0.05, 0) is 50.7 Å². The number of rotatable bonds is 6. The van der Waals surface area contributed by atoms with Crippen LogP contribution in [0.2, 0.25) is 0 Å². The van der Waals surface area contributed by atoms with E-state index in [1.54, 1.807) is 13.3 Å². The topological polar surface area (TPSA) is 54.9 Å². The number of benzene rings is 2. The second-order valence-electron chi connectivity index (χ2n) is 6.73.